The van der Waals surface area contributed by atoms with Gasteiger partial charge in [0.15, 0.2) is 6.29 Å². The normalized spacial score (nSPS) is 21.4. The van der Waals surface area contributed by atoms with Gasteiger partial charge in [0.1, 0.15) is 12.4 Å². The molecule has 0 atom stereocenters. The summed E-state index contributed by atoms with van der Waals surface area (Å²) >= 11 is 0. The number of ether oxygens (including phenoxy) is 4. The lowest BCUT2D eigenvalue weighted by Gasteiger charge is -2.10. The lowest BCUT2D eigenvalue weighted by atomic mass is 10.2. The third kappa shape index (κ3) is 2.40. The van der Waals surface area contributed by atoms with Crippen LogP contribution in [0.5, 0.6) is 0 Å². The first-order chi connectivity index (χ1) is 7.66. The van der Waals surface area contributed by atoms with E-state index in [9.17, 15) is 9.59 Å². The summed E-state index contributed by atoms with van der Waals surface area (Å²) in [7, 11) is 0. The zero-order chi connectivity index (χ0) is 11.5. The molecule has 2 aliphatic rings. The molecule has 6 heteroatoms. The number of rotatable bonds is 3. The Morgan fingerprint density at radius 3 is 2.75 bits per heavy atom. The molecule has 0 unspecified atom stereocenters. The molecule has 0 spiro atoms. The van der Waals surface area contributed by atoms with Crippen molar-refractivity contribution in [2.75, 3.05) is 19.8 Å². The fourth-order valence-electron chi connectivity index (χ4n) is 1.56. The van der Waals surface area contributed by atoms with Crippen LogP contribution < -0.4 is 0 Å². The van der Waals surface area contributed by atoms with E-state index in [0.29, 0.717) is 24.5 Å². The molecule has 2 rings (SSSR count). The minimum absolute atomic E-state index is 0.0559. The minimum atomic E-state index is -0.544. The van der Waals surface area contributed by atoms with Gasteiger partial charge < -0.3 is 18.9 Å². The van der Waals surface area contributed by atoms with E-state index < -0.39 is 12.3 Å². The van der Waals surface area contributed by atoms with Gasteiger partial charge in [-0.15, -0.1) is 0 Å². The Morgan fingerprint density at radius 2 is 2.12 bits per heavy atom. The highest BCUT2D eigenvalue weighted by atomic mass is 16.7. The van der Waals surface area contributed by atoms with Crippen LogP contribution in [0, 0.1) is 0 Å². The van der Waals surface area contributed by atoms with E-state index >= 15 is 0 Å². The van der Waals surface area contributed by atoms with Crippen LogP contribution in [-0.2, 0) is 28.5 Å². The molecule has 1 fully saturated rings. The van der Waals surface area contributed by atoms with E-state index in [4.69, 9.17) is 18.9 Å². The van der Waals surface area contributed by atoms with E-state index in [0.717, 1.165) is 0 Å². The summed E-state index contributed by atoms with van der Waals surface area (Å²) in [6, 6.07) is 0. The van der Waals surface area contributed by atoms with E-state index in [1.165, 1.54) is 6.92 Å². The number of hydrogen-bond donors (Lipinski definition) is 0. The van der Waals surface area contributed by atoms with Gasteiger partial charge >= 0.3 is 11.9 Å². The van der Waals surface area contributed by atoms with Crippen molar-refractivity contribution in [1.82, 2.24) is 0 Å². The van der Waals surface area contributed by atoms with Crippen LogP contribution in [0.25, 0.3) is 0 Å². The Bertz CT molecular complexity index is 339. The zero-order valence-electron chi connectivity index (χ0n) is 8.86. The summed E-state index contributed by atoms with van der Waals surface area (Å²) in [5.74, 6) is -0.480. The number of carbonyl (C=O) groups excluding carboxylic acids is 2. The molecule has 0 saturated carbocycles. The molecule has 0 aromatic carbocycles. The third-order valence-corrected chi connectivity index (χ3v) is 2.24. The van der Waals surface area contributed by atoms with E-state index in [1.54, 1.807) is 0 Å². The molecular formula is C10H12O6. The fraction of sp³-hybridized carbons (Fsp3) is 0.600. The molecule has 0 radical (unpaired) electrons. The SMILES string of the molecule is CC(=O)OCC1=C(C2OCCO2)CC(=O)O1. The summed E-state index contributed by atoms with van der Waals surface area (Å²) < 4.78 is 20.3. The maximum atomic E-state index is 11.1. The number of hydrogen-bond acceptors (Lipinski definition) is 6. The number of cyclic esters (lactones) is 1. The maximum absolute atomic E-state index is 11.1. The van der Waals surface area contributed by atoms with Crippen molar-refractivity contribution in [3.8, 4) is 0 Å². The Morgan fingerprint density at radius 1 is 1.44 bits per heavy atom. The number of esters is 2. The lowest BCUT2D eigenvalue weighted by molar-refractivity contribution is -0.144. The first-order valence-electron chi connectivity index (χ1n) is 4.96. The lowest BCUT2D eigenvalue weighted by Crippen LogP contribution is -2.14. The summed E-state index contributed by atoms with van der Waals surface area (Å²) in [6.07, 6.45) is -0.418. The van der Waals surface area contributed by atoms with Crippen molar-refractivity contribution in [1.29, 1.82) is 0 Å². The predicted octanol–water partition coefficient (Wildman–Crippen LogP) is 0.123. The quantitative estimate of drug-likeness (QED) is 0.639. The standard InChI is InChI=1S/C10H12O6/c1-6(11)15-5-8-7(4-9(12)16-8)10-13-2-3-14-10/h10H,2-5H2,1H3. The topological polar surface area (TPSA) is 71.1 Å². The van der Waals surface area contributed by atoms with Gasteiger partial charge in [-0.3, -0.25) is 9.59 Å². The second-order valence-electron chi connectivity index (χ2n) is 3.45. The Labute approximate surface area is 92.1 Å². The van der Waals surface area contributed by atoms with Gasteiger partial charge in [-0.1, -0.05) is 0 Å². The van der Waals surface area contributed by atoms with Crippen LogP contribution in [0.4, 0.5) is 0 Å². The van der Waals surface area contributed by atoms with Crippen LogP contribution in [0.3, 0.4) is 0 Å². The molecular weight excluding hydrogens is 216 g/mol. The van der Waals surface area contributed by atoms with Gasteiger partial charge in [-0.2, -0.15) is 0 Å². The van der Waals surface area contributed by atoms with Crippen molar-refractivity contribution >= 4 is 11.9 Å². The second-order valence-corrected chi connectivity index (χ2v) is 3.45. The van der Waals surface area contributed by atoms with Gasteiger partial charge in [-0.05, 0) is 0 Å². The molecule has 0 N–H and O–H groups in total. The van der Waals surface area contributed by atoms with Crippen LogP contribution >= 0.6 is 0 Å². The van der Waals surface area contributed by atoms with Crippen molar-refractivity contribution in [2.45, 2.75) is 19.6 Å². The monoisotopic (exact) mass is 228 g/mol. The molecule has 6 nitrogen and oxygen atoms in total. The minimum Gasteiger partial charge on any atom is -0.458 e. The highest BCUT2D eigenvalue weighted by Gasteiger charge is 2.33. The van der Waals surface area contributed by atoms with Crippen molar-refractivity contribution in [3.63, 3.8) is 0 Å². The van der Waals surface area contributed by atoms with E-state index in [2.05, 4.69) is 0 Å². The summed E-state index contributed by atoms with van der Waals surface area (Å²) in [5, 5.41) is 0. The van der Waals surface area contributed by atoms with Crippen molar-refractivity contribution in [3.05, 3.63) is 11.3 Å². The van der Waals surface area contributed by atoms with Gasteiger partial charge in [0.2, 0.25) is 0 Å². The van der Waals surface area contributed by atoms with Crippen LogP contribution in [0.1, 0.15) is 13.3 Å². The van der Waals surface area contributed by atoms with Crippen molar-refractivity contribution < 1.29 is 28.5 Å². The first kappa shape index (κ1) is 11.1. The molecule has 2 heterocycles. The molecule has 0 aromatic rings. The smallest absolute Gasteiger partial charge is 0.315 e. The van der Waals surface area contributed by atoms with Gasteiger partial charge in [0.25, 0.3) is 0 Å². The second kappa shape index (κ2) is 4.63. The first-order valence-corrected chi connectivity index (χ1v) is 4.96. The van der Waals surface area contributed by atoms with Gasteiger partial charge in [0, 0.05) is 12.5 Å². The van der Waals surface area contributed by atoms with Crippen LogP contribution in [-0.4, -0.2) is 38.0 Å². The average molecular weight is 228 g/mol. The molecule has 0 aromatic heterocycles. The van der Waals surface area contributed by atoms with Gasteiger partial charge in [-0.25, -0.2) is 0 Å². The van der Waals surface area contributed by atoms with Crippen LogP contribution in [0.15, 0.2) is 11.3 Å². The molecule has 1 saturated heterocycles. The van der Waals surface area contributed by atoms with Crippen LogP contribution in [0.2, 0.25) is 0 Å². The Kier molecular flexibility index (Phi) is 3.21. The third-order valence-electron chi connectivity index (χ3n) is 2.24. The summed E-state index contributed by atoms with van der Waals surface area (Å²) in [5.41, 5.74) is 0.615. The molecule has 88 valence electrons. The molecule has 0 aliphatic carbocycles. The summed E-state index contributed by atoms with van der Waals surface area (Å²) in [6.45, 7) is 2.21. The molecule has 16 heavy (non-hydrogen) atoms. The van der Waals surface area contributed by atoms with Gasteiger partial charge in [0.05, 0.1) is 19.6 Å². The van der Waals surface area contributed by atoms with E-state index in [-0.39, 0.29) is 19.0 Å². The van der Waals surface area contributed by atoms with E-state index in [1.807, 2.05) is 0 Å². The molecule has 0 amide bonds. The largest absolute Gasteiger partial charge is 0.458 e. The highest BCUT2D eigenvalue weighted by Crippen LogP contribution is 2.27. The zero-order valence-corrected chi connectivity index (χ0v) is 8.86. The van der Waals surface area contributed by atoms with Crippen molar-refractivity contribution in [2.24, 2.45) is 0 Å². The predicted molar refractivity (Wildman–Crippen MR) is 50.1 cm³/mol. The molecule has 2 aliphatic heterocycles. The molecule has 0 bridgehead atoms. The fourth-order valence-corrected chi connectivity index (χ4v) is 1.56. The maximum Gasteiger partial charge on any atom is 0.315 e. The number of carbonyl (C=O) groups is 2. The summed E-state index contributed by atoms with van der Waals surface area (Å²) in [4.78, 5) is 21.8. The Balaban J connectivity index is 2.05. The Hall–Kier alpha value is -1.40. The average Bonchev–Trinajstić information content (AvgIpc) is 2.82. The highest BCUT2D eigenvalue weighted by molar-refractivity contribution is 5.77.